The van der Waals surface area contributed by atoms with Crippen molar-refractivity contribution in [2.45, 2.75) is 77.4 Å². The van der Waals surface area contributed by atoms with Gasteiger partial charge in [0.05, 0.1) is 6.04 Å². The van der Waals surface area contributed by atoms with Gasteiger partial charge in [0.25, 0.3) is 0 Å². The highest BCUT2D eigenvalue weighted by Crippen LogP contribution is 2.19. The van der Waals surface area contributed by atoms with Crippen molar-refractivity contribution in [1.29, 1.82) is 0 Å². The van der Waals surface area contributed by atoms with Gasteiger partial charge in [0.2, 0.25) is 5.91 Å². The predicted molar refractivity (Wildman–Crippen MR) is 80.0 cm³/mol. The third-order valence-electron chi connectivity index (χ3n) is 4.42. The topological polar surface area (TPSA) is 58.4 Å². The fraction of sp³-hybridized carbons (Fsp3) is 0.933. The molecule has 1 rings (SSSR count). The van der Waals surface area contributed by atoms with E-state index in [0.717, 1.165) is 19.4 Å². The van der Waals surface area contributed by atoms with Crippen LogP contribution in [-0.4, -0.2) is 41.5 Å². The van der Waals surface area contributed by atoms with Gasteiger partial charge in [0.15, 0.2) is 0 Å². The number of nitrogens with two attached hydrogens (primary N) is 1. The molecule has 4 heteroatoms. The summed E-state index contributed by atoms with van der Waals surface area (Å²) in [6.45, 7) is 9.88. The van der Waals surface area contributed by atoms with Crippen LogP contribution in [0.4, 0.5) is 0 Å². The van der Waals surface area contributed by atoms with Crippen LogP contribution in [0.2, 0.25) is 0 Å². The first-order valence-electron chi connectivity index (χ1n) is 7.69. The molecule has 0 aromatic heterocycles. The lowest BCUT2D eigenvalue weighted by Crippen LogP contribution is -2.55. The molecule has 0 aliphatic carbocycles. The summed E-state index contributed by atoms with van der Waals surface area (Å²) in [6, 6.07) is 0.269. The summed E-state index contributed by atoms with van der Waals surface area (Å²) in [7, 11) is 0. The maximum absolute atomic E-state index is 12.4. The Hall–Kier alpha value is -0.610. The highest BCUT2D eigenvalue weighted by Gasteiger charge is 2.30. The molecular weight excluding hydrogens is 238 g/mol. The summed E-state index contributed by atoms with van der Waals surface area (Å²) in [5, 5.41) is 3.15. The Morgan fingerprint density at radius 3 is 2.68 bits per heavy atom. The molecule has 2 atom stereocenters. The van der Waals surface area contributed by atoms with Crippen LogP contribution in [0.5, 0.6) is 0 Å². The second-order valence-electron chi connectivity index (χ2n) is 6.38. The second-order valence-corrected chi connectivity index (χ2v) is 6.38. The minimum absolute atomic E-state index is 0.0857. The minimum atomic E-state index is -0.130. The summed E-state index contributed by atoms with van der Waals surface area (Å²) in [5.74, 6) is 0.132. The molecule has 0 radical (unpaired) electrons. The molecule has 0 aromatic carbocycles. The van der Waals surface area contributed by atoms with Crippen LogP contribution >= 0.6 is 0 Å². The smallest absolute Gasteiger partial charge is 0.237 e. The lowest BCUT2D eigenvalue weighted by molar-refractivity contribution is -0.128. The third kappa shape index (κ3) is 4.77. The van der Waals surface area contributed by atoms with E-state index >= 15 is 0 Å². The highest BCUT2D eigenvalue weighted by molar-refractivity contribution is 5.82. The number of carbonyl (C=O) groups is 1. The minimum Gasteiger partial charge on any atom is -0.350 e. The molecule has 2 unspecified atom stereocenters. The quantitative estimate of drug-likeness (QED) is 0.801. The number of hydrogen-bond donors (Lipinski definition) is 2. The number of nitrogens with zero attached hydrogens (tertiary/aromatic N) is 1. The first-order chi connectivity index (χ1) is 8.91. The van der Waals surface area contributed by atoms with Gasteiger partial charge >= 0.3 is 0 Å². The van der Waals surface area contributed by atoms with Crippen LogP contribution in [0.25, 0.3) is 0 Å². The summed E-state index contributed by atoms with van der Waals surface area (Å²) in [5.41, 5.74) is 5.75. The van der Waals surface area contributed by atoms with Gasteiger partial charge in [-0.1, -0.05) is 19.8 Å². The molecule has 1 fully saturated rings. The van der Waals surface area contributed by atoms with Crippen molar-refractivity contribution in [3.05, 3.63) is 0 Å². The maximum atomic E-state index is 12.4. The van der Waals surface area contributed by atoms with E-state index in [1.165, 1.54) is 19.3 Å². The van der Waals surface area contributed by atoms with E-state index in [1.807, 2.05) is 6.92 Å². The van der Waals surface area contributed by atoms with Gasteiger partial charge in [-0.15, -0.1) is 0 Å². The Labute approximate surface area is 118 Å². The second kappa shape index (κ2) is 7.25. The lowest BCUT2D eigenvalue weighted by atomic mass is 10.0. The molecule has 3 N–H and O–H groups in total. The van der Waals surface area contributed by atoms with Crippen LogP contribution in [-0.2, 0) is 4.79 Å². The van der Waals surface area contributed by atoms with Crippen molar-refractivity contribution >= 4 is 5.91 Å². The van der Waals surface area contributed by atoms with Gasteiger partial charge in [-0.25, -0.2) is 0 Å². The molecule has 0 saturated carbocycles. The highest BCUT2D eigenvalue weighted by atomic mass is 16.2. The number of amides is 1. The molecule has 1 aliphatic heterocycles. The van der Waals surface area contributed by atoms with Crippen molar-refractivity contribution in [3.8, 4) is 0 Å². The SMILES string of the molecule is CCC(C)(C)NC(=O)C(C)N1CCCCCC1CN. The van der Waals surface area contributed by atoms with Crippen molar-refractivity contribution in [2.75, 3.05) is 13.1 Å². The predicted octanol–water partition coefficient (Wildman–Crippen LogP) is 1.88. The molecule has 19 heavy (non-hydrogen) atoms. The normalized spacial score (nSPS) is 23.7. The summed E-state index contributed by atoms with van der Waals surface area (Å²) in [6.07, 6.45) is 5.71. The van der Waals surface area contributed by atoms with E-state index in [0.29, 0.717) is 12.6 Å². The van der Waals surface area contributed by atoms with Crippen molar-refractivity contribution in [2.24, 2.45) is 5.73 Å². The first-order valence-corrected chi connectivity index (χ1v) is 7.69. The van der Waals surface area contributed by atoms with E-state index in [2.05, 4.69) is 31.0 Å². The molecule has 1 aliphatic rings. The van der Waals surface area contributed by atoms with Gasteiger partial charge in [-0.3, -0.25) is 9.69 Å². The van der Waals surface area contributed by atoms with Crippen LogP contribution in [0, 0.1) is 0 Å². The number of likely N-dealkylation sites (tertiary alicyclic amines) is 1. The Morgan fingerprint density at radius 2 is 2.11 bits per heavy atom. The van der Waals surface area contributed by atoms with E-state index in [1.54, 1.807) is 0 Å². The molecule has 1 saturated heterocycles. The fourth-order valence-corrected chi connectivity index (χ4v) is 2.64. The number of nitrogens with one attached hydrogen (secondary N) is 1. The maximum Gasteiger partial charge on any atom is 0.237 e. The van der Waals surface area contributed by atoms with Gasteiger partial charge in [-0.2, -0.15) is 0 Å². The Kier molecular flexibility index (Phi) is 6.27. The average molecular weight is 269 g/mol. The van der Waals surface area contributed by atoms with Gasteiger partial charge in [0.1, 0.15) is 0 Å². The van der Waals surface area contributed by atoms with E-state index < -0.39 is 0 Å². The molecule has 112 valence electrons. The van der Waals surface area contributed by atoms with Crippen LogP contribution in [0.3, 0.4) is 0 Å². The summed E-state index contributed by atoms with van der Waals surface area (Å²) in [4.78, 5) is 14.7. The number of carbonyl (C=O) groups excluding carboxylic acids is 1. The molecule has 4 nitrogen and oxygen atoms in total. The van der Waals surface area contributed by atoms with Crippen molar-refractivity contribution < 1.29 is 4.79 Å². The summed E-state index contributed by atoms with van der Waals surface area (Å²) < 4.78 is 0. The number of rotatable bonds is 5. The van der Waals surface area contributed by atoms with Crippen molar-refractivity contribution in [1.82, 2.24) is 10.2 Å². The summed E-state index contributed by atoms with van der Waals surface area (Å²) >= 11 is 0. The Morgan fingerprint density at radius 1 is 1.42 bits per heavy atom. The van der Waals surface area contributed by atoms with Crippen LogP contribution in [0.15, 0.2) is 0 Å². The fourth-order valence-electron chi connectivity index (χ4n) is 2.64. The molecule has 1 heterocycles. The molecule has 1 amide bonds. The van der Waals surface area contributed by atoms with Gasteiger partial charge < -0.3 is 11.1 Å². The van der Waals surface area contributed by atoms with Gasteiger partial charge in [0, 0.05) is 18.1 Å². The Bertz CT molecular complexity index is 291. The molecule has 0 spiro atoms. The first kappa shape index (κ1) is 16.4. The lowest BCUT2D eigenvalue weighted by Gasteiger charge is -2.35. The van der Waals surface area contributed by atoms with E-state index in [-0.39, 0.29) is 17.5 Å². The zero-order chi connectivity index (χ0) is 14.5. The standard InChI is InChI=1S/C15H31N3O/c1-5-15(3,4)17-14(19)12(2)18-10-8-6-7-9-13(18)11-16/h12-13H,5-11,16H2,1-4H3,(H,17,19). The van der Waals surface area contributed by atoms with Crippen LogP contribution in [0.1, 0.15) is 59.8 Å². The molecular formula is C15H31N3O. The molecule has 0 bridgehead atoms. The van der Waals surface area contributed by atoms with Gasteiger partial charge in [-0.05, 0) is 46.6 Å². The van der Waals surface area contributed by atoms with E-state index in [9.17, 15) is 4.79 Å². The zero-order valence-corrected chi connectivity index (χ0v) is 13.0. The Balaban J connectivity index is 2.67. The third-order valence-corrected chi connectivity index (χ3v) is 4.42. The molecule has 0 aromatic rings. The van der Waals surface area contributed by atoms with E-state index in [4.69, 9.17) is 5.73 Å². The number of hydrogen-bond acceptors (Lipinski definition) is 3. The van der Waals surface area contributed by atoms with Crippen LogP contribution < -0.4 is 11.1 Å². The average Bonchev–Trinajstić information content (AvgIpc) is 2.62. The largest absolute Gasteiger partial charge is 0.350 e. The monoisotopic (exact) mass is 269 g/mol. The zero-order valence-electron chi connectivity index (χ0n) is 13.0. The van der Waals surface area contributed by atoms with Crippen molar-refractivity contribution in [3.63, 3.8) is 0 Å².